The first kappa shape index (κ1) is 13.7. The maximum absolute atomic E-state index is 11.2. The quantitative estimate of drug-likeness (QED) is 0.731. The average Bonchev–Trinajstić information content (AvgIpc) is 2.09. The highest BCUT2D eigenvalue weighted by Gasteiger charge is 2.23. The number of hydrogen-bond acceptors (Lipinski definition) is 3. The van der Waals surface area contributed by atoms with Gasteiger partial charge in [0.15, 0.2) is 0 Å². The third-order valence-corrected chi connectivity index (χ3v) is 1.75. The van der Waals surface area contributed by atoms with Crippen molar-refractivity contribution < 1.29 is 19.4 Å². The molecule has 0 aromatic rings. The maximum Gasteiger partial charge on any atom is 0.407 e. The highest BCUT2D eigenvalue weighted by atomic mass is 16.5. The molecule has 0 heterocycles. The van der Waals surface area contributed by atoms with E-state index in [-0.39, 0.29) is 18.4 Å². The Kier molecular flexibility index (Phi) is 5.74. The minimum atomic E-state index is -1.05. The highest BCUT2D eigenvalue weighted by Crippen LogP contribution is 2.02. The molecule has 5 nitrogen and oxygen atoms in total. The van der Waals surface area contributed by atoms with Gasteiger partial charge in [0.25, 0.3) is 0 Å². The number of carboxylic acids is 1. The van der Waals surface area contributed by atoms with Gasteiger partial charge in [0.1, 0.15) is 6.04 Å². The van der Waals surface area contributed by atoms with Gasteiger partial charge in [-0.1, -0.05) is 27.7 Å². The van der Waals surface area contributed by atoms with E-state index in [2.05, 4.69) is 5.32 Å². The second-order valence-electron chi connectivity index (χ2n) is 4.20. The number of carbonyl (C=O) groups is 2. The lowest BCUT2D eigenvalue weighted by atomic mass is 10.1. The molecule has 88 valence electrons. The fraction of sp³-hybridized carbons (Fsp3) is 0.800. The zero-order valence-electron chi connectivity index (χ0n) is 9.61. The van der Waals surface area contributed by atoms with Crippen molar-refractivity contribution in [3.63, 3.8) is 0 Å². The van der Waals surface area contributed by atoms with Crippen LogP contribution in [0.4, 0.5) is 4.79 Å². The molecule has 1 atom stereocenters. The lowest BCUT2D eigenvalue weighted by molar-refractivity contribution is -0.140. The fourth-order valence-electron chi connectivity index (χ4n) is 0.925. The molecule has 0 bridgehead atoms. The van der Waals surface area contributed by atoms with Crippen molar-refractivity contribution in [1.29, 1.82) is 0 Å². The van der Waals surface area contributed by atoms with Gasteiger partial charge in [-0.15, -0.1) is 0 Å². The molecular weight excluding hydrogens is 198 g/mol. The first-order valence-electron chi connectivity index (χ1n) is 5.00. The number of carboxylic acid groups (broad SMARTS) is 1. The van der Waals surface area contributed by atoms with Crippen LogP contribution >= 0.6 is 0 Å². The number of nitrogens with one attached hydrogen (secondary N) is 1. The van der Waals surface area contributed by atoms with Crippen LogP contribution in [0.15, 0.2) is 0 Å². The van der Waals surface area contributed by atoms with E-state index >= 15 is 0 Å². The van der Waals surface area contributed by atoms with Crippen LogP contribution in [0.2, 0.25) is 0 Å². The molecule has 0 rings (SSSR count). The summed E-state index contributed by atoms with van der Waals surface area (Å²) in [5.41, 5.74) is 0. The number of ether oxygens (including phenoxy) is 1. The Morgan fingerprint density at radius 1 is 1.27 bits per heavy atom. The second kappa shape index (κ2) is 6.27. The molecule has 5 heteroatoms. The number of aliphatic carboxylic acids is 1. The number of amides is 1. The zero-order chi connectivity index (χ0) is 12.0. The molecule has 2 N–H and O–H groups in total. The minimum Gasteiger partial charge on any atom is -0.480 e. The first-order chi connectivity index (χ1) is 6.84. The molecule has 0 aromatic carbocycles. The van der Waals surface area contributed by atoms with E-state index in [0.29, 0.717) is 0 Å². The number of alkyl carbamates (subject to hydrolysis) is 1. The highest BCUT2D eigenvalue weighted by molar-refractivity contribution is 5.80. The van der Waals surface area contributed by atoms with Crippen molar-refractivity contribution >= 4 is 12.1 Å². The monoisotopic (exact) mass is 217 g/mol. The van der Waals surface area contributed by atoms with E-state index < -0.39 is 18.1 Å². The predicted molar refractivity (Wildman–Crippen MR) is 55.6 cm³/mol. The van der Waals surface area contributed by atoms with Gasteiger partial charge in [-0.2, -0.15) is 0 Å². The van der Waals surface area contributed by atoms with Crippen molar-refractivity contribution in [1.82, 2.24) is 5.32 Å². The van der Waals surface area contributed by atoms with Crippen molar-refractivity contribution in [2.75, 3.05) is 6.61 Å². The molecule has 15 heavy (non-hydrogen) atoms. The van der Waals surface area contributed by atoms with Crippen molar-refractivity contribution in [2.45, 2.75) is 33.7 Å². The Bertz CT molecular complexity index is 225. The van der Waals surface area contributed by atoms with Crippen LogP contribution in [0, 0.1) is 11.8 Å². The van der Waals surface area contributed by atoms with E-state index in [1.807, 2.05) is 13.8 Å². The van der Waals surface area contributed by atoms with E-state index in [4.69, 9.17) is 9.84 Å². The predicted octanol–water partition coefficient (Wildman–Crippen LogP) is 1.48. The average molecular weight is 217 g/mol. The third-order valence-electron chi connectivity index (χ3n) is 1.75. The summed E-state index contributed by atoms with van der Waals surface area (Å²) in [7, 11) is 0. The van der Waals surface area contributed by atoms with Crippen LogP contribution in [-0.2, 0) is 9.53 Å². The molecule has 0 aliphatic heterocycles. The van der Waals surface area contributed by atoms with E-state index in [0.717, 1.165) is 0 Å². The Morgan fingerprint density at radius 3 is 2.13 bits per heavy atom. The SMILES string of the molecule is CC(C)COC(=O)N[C@@H](C(=O)O)C(C)C. The Morgan fingerprint density at radius 2 is 1.80 bits per heavy atom. The van der Waals surface area contributed by atoms with Crippen LogP contribution in [0.3, 0.4) is 0 Å². The van der Waals surface area contributed by atoms with Crippen molar-refractivity contribution in [3.05, 3.63) is 0 Å². The van der Waals surface area contributed by atoms with Crippen LogP contribution in [-0.4, -0.2) is 29.8 Å². The number of carbonyl (C=O) groups excluding carboxylic acids is 1. The van der Waals surface area contributed by atoms with Crippen molar-refractivity contribution in [3.8, 4) is 0 Å². The molecule has 0 saturated heterocycles. The summed E-state index contributed by atoms with van der Waals surface area (Å²) in [5, 5.41) is 11.1. The standard InChI is InChI=1S/C10H19NO4/c1-6(2)5-15-10(14)11-8(7(3)4)9(12)13/h6-8H,5H2,1-4H3,(H,11,14)(H,12,13)/t8-/m1/s1. The summed E-state index contributed by atoms with van der Waals surface area (Å²) in [4.78, 5) is 21.9. The largest absolute Gasteiger partial charge is 0.480 e. The smallest absolute Gasteiger partial charge is 0.407 e. The lowest BCUT2D eigenvalue weighted by Crippen LogP contribution is -2.44. The topological polar surface area (TPSA) is 75.6 Å². The van der Waals surface area contributed by atoms with Gasteiger partial charge in [0.2, 0.25) is 0 Å². The molecular formula is C10H19NO4. The number of hydrogen-bond donors (Lipinski definition) is 2. The second-order valence-corrected chi connectivity index (χ2v) is 4.20. The van der Waals surface area contributed by atoms with Gasteiger partial charge < -0.3 is 15.2 Å². The van der Waals surface area contributed by atoms with Gasteiger partial charge in [0, 0.05) is 0 Å². The first-order valence-corrected chi connectivity index (χ1v) is 5.00. The molecule has 0 radical (unpaired) electrons. The van der Waals surface area contributed by atoms with Crippen LogP contribution in [0.25, 0.3) is 0 Å². The van der Waals surface area contributed by atoms with Gasteiger partial charge in [0.05, 0.1) is 6.61 Å². The number of rotatable bonds is 5. The van der Waals surface area contributed by atoms with E-state index in [1.165, 1.54) is 0 Å². The molecule has 0 aromatic heterocycles. The van der Waals surface area contributed by atoms with Gasteiger partial charge in [-0.25, -0.2) is 9.59 Å². The van der Waals surface area contributed by atoms with E-state index in [1.54, 1.807) is 13.8 Å². The summed E-state index contributed by atoms with van der Waals surface area (Å²) < 4.78 is 4.82. The molecule has 1 amide bonds. The molecule has 0 aliphatic carbocycles. The van der Waals surface area contributed by atoms with Crippen molar-refractivity contribution in [2.24, 2.45) is 11.8 Å². The third kappa shape index (κ3) is 5.93. The van der Waals surface area contributed by atoms with Crippen LogP contribution in [0.1, 0.15) is 27.7 Å². The Balaban J connectivity index is 4.07. The Labute approximate surface area is 89.8 Å². The molecule has 0 fully saturated rings. The summed E-state index contributed by atoms with van der Waals surface area (Å²) >= 11 is 0. The van der Waals surface area contributed by atoms with Crippen LogP contribution < -0.4 is 5.32 Å². The minimum absolute atomic E-state index is 0.172. The summed E-state index contributed by atoms with van der Waals surface area (Å²) in [6, 6.07) is -0.898. The van der Waals surface area contributed by atoms with E-state index in [9.17, 15) is 9.59 Å². The lowest BCUT2D eigenvalue weighted by Gasteiger charge is -2.18. The molecule has 0 aliphatic rings. The molecule has 0 saturated carbocycles. The molecule has 0 spiro atoms. The summed E-state index contributed by atoms with van der Waals surface area (Å²) in [6.45, 7) is 7.55. The molecule has 0 unspecified atom stereocenters. The van der Waals surface area contributed by atoms with Gasteiger partial charge in [-0.05, 0) is 11.8 Å². The van der Waals surface area contributed by atoms with Gasteiger partial charge in [-0.3, -0.25) is 0 Å². The van der Waals surface area contributed by atoms with Crippen LogP contribution in [0.5, 0.6) is 0 Å². The normalized spacial score (nSPS) is 12.7. The summed E-state index contributed by atoms with van der Waals surface area (Å²) in [5.74, 6) is -0.987. The van der Waals surface area contributed by atoms with Gasteiger partial charge >= 0.3 is 12.1 Å². The zero-order valence-corrected chi connectivity index (χ0v) is 9.61. The maximum atomic E-state index is 11.2. The summed E-state index contributed by atoms with van der Waals surface area (Å²) in [6.07, 6.45) is -0.676. The Hall–Kier alpha value is -1.26. The fourth-order valence-corrected chi connectivity index (χ4v) is 0.925.